The van der Waals surface area contributed by atoms with Gasteiger partial charge in [0.15, 0.2) is 0 Å². The van der Waals surface area contributed by atoms with Crippen LogP contribution in [0, 0.1) is 0 Å². The zero-order valence-corrected chi connectivity index (χ0v) is 11.6. The fourth-order valence-corrected chi connectivity index (χ4v) is 3.87. The molecule has 0 aliphatic rings. The van der Waals surface area contributed by atoms with Gasteiger partial charge in [-0.25, -0.2) is 0 Å². The lowest BCUT2D eigenvalue weighted by atomic mass is 10.4. The molecular weight excluding hydrogens is 208 g/mol. The maximum atomic E-state index is 5.91. The van der Waals surface area contributed by atoms with E-state index in [-0.39, 0.29) is 11.6 Å². The molecule has 1 atom stereocenters. The van der Waals surface area contributed by atoms with Crippen LogP contribution in [0.15, 0.2) is 12.7 Å². The minimum Gasteiger partial charge on any atom is -0.374 e. The maximum absolute atomic E-state index is 5.91. The predicted molar refractivity (Wildman–Crippen MR) is 64.8 cm³/mol. The van der Waals surface area contributed by atoms with Gasteiger partial charge in [-0.15, -0.1) is 6.58 Å². The Bertz CT molecular complexity index is 177. The third-order valence-corrected chi connectivity index (χ3v) is 5.58. The van der Waals surface area contributed by atoms with Gasteiger partial charge in [-0.2, -0.15) is 0 Å². The molecule has 0 spiro atoms. The number of rotatable bonds is 8. The van der Waals surface area contributed by atoms with Crippen molar-refractivity contribution < 1.29 is 13.3 Å². The molecule has 0 rings (SSSR count). The zero-order chi connectivity index (χ0) is 11.9. The molecule has 90 valence electrons. The Morgan fingerprint density at radius 2 is 1.60 bits per heavy atom. The van der Waals surface area contributed by atoms with E-state index < -0.39 is 8.80 Å². The van der Waals surface area contributed by atoms with Crippen molar-refractivity contribution in [1.29, 1.82) is 0 Å². The van der Waals surface area contributed by atoms with E-state index in [1.165, 1.54) is 0 Å². The SMILES string of the molecule is C=CC(C)O[Si](OCC)(OCC)C(C)C. The molecule has 0 aromatic heterocycles. The van der Waals surface area contributed by atoms with Gasteiger partial charge in [-0.1, -0.05) is 19.9 Å². The van der Waals surface area contributed by atoms with Crippen LogP contribution in [0.5, 0.6) is 0 Å². The summed E-state index contributed by atoms with van der Waals surface area (Å²) in [6.45, 7) is 15.0. The largest absolute Gasteiger partial charge is 0.504 e. The molecule has 0 amide bonds. The first-order chi connectivity index (χ1) is 7.02. The molecule has 0 saturated carbocycles. The molecule has 0 aromatic rings. The van der Waals surface area contributed by atoms with Crippen LogP contribution in [0.1, 0.15) is 34.6 Å². The van der Waals surface area contributed by atoms with E-state index in [9.17, 15) is 0 Å². The van der Waals surface area contributed by atoms with Crippen LogP contribution in [-0.2, 0) is 13.3 Å². The molecule has 1 unspecified atom stereocenters. The molecule has 0 aliphatic heterocycles. The average molecular weight is 232 g/mol. The Morgan fingerprint density at radius 3 is 1.87 bits per heavy atom. The topological polar surface area (TPSA) is 27.7 Å². The molecule has 0 saturated heterocycles. The highest BCUT2D eigenvalue weighted by atomic mass is 28.4. The van der Waals surface area contributed by atoms with Gasteiger partial charge in [0.05, 0.1) is 6.10 Å². The van der Waals surface area contributed by atoms with Gasteiger partial charge in [-0.3, -0.25) is 0 Å². The molecule has 0 N–H and O–H groups in total. The van der Waals surface area contributed by atoms with Gasteiger partial charge >= 0.3 is 8.80 Å². The first-order valence-electron chi connectivity index (χ1n) is 5.60. The van der Waals surface area contributed by atoms with Crippen molar-refractivity contribution in [3.8, 4) is 0 Å². The molecule has 3 nitrogen and oxygen atoms in total. The second-order valence-corrected chi connectivity index (χ2v) is 6.86. The van der Waals surface area contributed by atoms with Crippen LogP contribution in [0.3, 0.4) is 0 Å². The molecule has 0 fully saturated rings. The van der Waals surface area contributed by atoms with Crippen LogP contribution < -0.4 is 0 Å². The monoisotopic (exact) mass is 232 g/mol. The van der Waals surface area contributed by atoms with E-state index in [0.29, 0.717) is 13.2 Å². The summed E-state index contributed by atoms with van der Waals surface area (Å²) >= 11 is 0. The fourth-order valence-electron chi connectivity index (χ4n) is 1.29. The molecular formula is C11H24O3Si. The van der Waals surface area contributed by atoms with Crippen molar-refractivity contribution in [2.75, 3.05) is 13.2 Å². The molecule has 0 aromatic carbocycles. The number of hydrogen-bond acceptors (Lipinski definition) is 3. The van der Waals surface area contributed by atoms with Crippen molar-refractivity contribution in [3.05, 3.63) is 12.7 Å². The lowest BCUT2D eigenvalue weighted by Crippen LogP contribution is -2.50. The highest BCUT2D eigenvalue weighted by Crippen LogP contribution is 2.26. The minimum absolute atomic E-state index is 0.0304. The first kappa shape index (κ1) is 14.8. The quantitative estimate of drug-likeness (QED) is 0.475. The molecule has 0 aliphatic carbocycles. The van der Waals surface area contributed by atoms with Crippen LogP contribution in [-0.4, -0.2) is 28.1 Å². The highest BCUT2D eigenvalue weighted by Gasteiger charge is 2.45. The smallest absolute Gasteiger partial charge is 0.374 e. The van der Waals surface area contributed by atoms with Gasteiger partial charge in [0.25, 0.3) is 0 Å². The van der Waals surface area contributed by atoms with Crippen molar-refractivity contribution in [3.63, 3.8) is 0 Å². The normalized spacial score (nSPS) is 14.3. The summed E-state index contributed by atoms with van der Waals surface area (Å²) in [5.74, 6) is 0. The molecule has 0 heterocycles. The Morgan fingerprint density at radius 1 is 1.13 bits per heavy atom. The molecule has 0 bridgehead atoms. The summed E-state index contributed by atoms with van der Waals surface area (Å²) in [7, 11) is -2.53. The Balaban J connectivity index is 4.67. The molecule has 0 radical (unpaired) electrons. The summed E-state index contributed by atoms with van der Waals surface area (Å²) in [6.07, 6.45) is 1.74. The van der Waals surface area contributed by atoms with Crippen LogP contribution in [0.4, 0.5) is 0 Å². The summed E-state index contributed by atoms with van der Waals surface area (Å²) in [5, 5.41) is 0. The zero-order valence-electron chi connectivity index (χ0n) is 10.6. The van der Waals surface area contributed by atoms with Crippen molar-refractivity contribution in [2.24, 2.45) is 0 Å². The summed E-state index contributed by atoms with van der Waals surface area (Å²) in [4.78, 5) is 0. The van der Waals surface area contributed by atoms with Crippen molar-refractivity contribution in [1.82, 2.24) is 0 Å². The summed E-state index contributed by atoms with van der Waals surface area (Å²) in [6, 6.07) is 0. The molecule has 4 heteroatoms. The second kappa shape index (κ2) is 7.17. The van der Waals surface area contributed by atoms with Crippen molar-refractivity contribution in [2.45, 2.75) is 46.3 Å². The first-order valence-corrected chi connectivity index (χ1v) is 7.40. The minimum atomic E-state index is -2.53. The standard InChI is InChI=1S/C11H24O3Si/c1-7-11(6)14-15(10(4)5,12-8-2)13-9-3/h7,10-11H,1,8-9H2,2-6H3. The lowest BCUT2D eigenvalue weighted by molar-refractivity contribution is 0.0457. The van der Waals surface area contributed by atoms with E-state index in [2.05, 4.69) is 20.4 Å². The Hall–Kier alpha value is -0.163. The average Bonchev–Trinajstić information content (AvgIpc) is 2.18. The van der Waals surface area contributed by atoms with Crippen LogP contribution in [0.2, 0.25) is 5.54 Å². The van der Waals surface area contributed by atoms with E-state index in [1.807, 2.05) is 20.8 Å². The summed E-state index contributed by atoms with van der Waals surface area (Å²) < 4.78 is 17.4. The van der Waals surface area contributed by atoms with Gasteiger partial charge in [0.2, 0.25) is 0 Å². The van der Waals surface area contributed by atoms with E-state index >= 15 is 0 Å². The van der Waals surface area contributed by atoms with Crippen LogP contribution >= 0.6 is 0 Å². The lowest BCUT2D eigenvalue weighted by Gasteiger charge is -2.33. The summed E-state index contributed by atoms with van der Waals surface area (Å²) in [5.41, 5.74) is 0.264. The van der Waals surface area contributed by atoms with E-state index in [0.717, 1.165) is 0 Å². The van der Waals surface area contributed by atoms with Crippen molar-refractivity contribution >= 4 is 8.80 Å². The van der Waals surface area contributed by atoms with Gasteiger partial charge in [0.1, 0.15) is 0 Å². The predicted octanol–water partition coefficient (Wildman–Crippen LogP) is 3.00. The second-order valence-electron chi connectivity index (χ2n) is 3.68. The Labute approximate surface area is 94.8 Å². The Kier molecular flexibility index (Phi) is 7.09. The van der Waals surface area contributed by atoms with E-state index in [1.54, 1.807) is 6.08 Å². The van der Waals surface area contributed by atoms with Crippen LogP contribution in [0.25, 0.3) is 0 Å². The number of hydrogen-bond donors (Lipinski definition) is 0. The third kappa shape index (κ3) is 4.47. The third-order valence-electron chi connectivity index (χ3n) is 2.08. The van der Waals surface area contributed by atoms with Gasteiger partial charge in [-0.05, 0) is 20.8 Å². The van der Waals surface area contributed by atoms with Gasteiger partial charge < -0.3 is 13.3 Å². The highest BCUT2D eigenvalue weighted by molar-refractivity contribution is 6.62. The molecule has 15 heavy (non-hydrogen) atoms. The van der Waals surface area contributed by atoms with Gasteiger partial charge in [0, 0.05) is 18.8 Å². The fraction of sp³-hybridized carbons (Fsp3) is 0.818. The van der Waals surface area contributed by atoms with E-state index in [4.69, 9.17) is 13.3 Å². The maximum Gasteiger partial charge on any atom is 0.504 e.